The number of likely N-dealkylation sites (N-methyl/N-ethyl adjacent to an activating group) is 1. The van der Waals surface area contributed by atoms with Crippen molar-refractivity contribution in [3.8, 4) is 10.6 Å². The molecule has 176 valence electrons. The second kappa shape index (κ2) is 10.7. The highest BCUT2D eigenvalue weighted by Gasteiger charge is 2.14. The predicted octanol–water partition coefficient (Wildman–Crippen LogP) is 5.20. The minimum atomic E-state index is 0.557. The van der Waals surface area contributed by atoms with E-state index in [4.69, 9.17) is 16.6 Å². The molecule has 0 saturated carbocycles. The van der Waals surface area contributed by atoms with Gasteiger partial charge in [0.15, 0.2) is 0 Å². The summed E-state index contributed by atoms with van der Waals surface area (Å²) in [5.74, 6) is 1.44. The van der Waals surface area contributed by atoms with Crippen molar-refractivity contribution in [2.45, 2.75) is 6.42 Å². The highest BCUT2D eigenvalue weighted by molar-refractivity contribution is 7.22. The molecule has 1 aliphatic heterocycles. The van der Waals surface area contributed by atoms with Gasteiger partial charge in [-0.2, -0.15) is 0 Å². The third kappa shape index (κ3) is 5.64. The largest absolute Gasteiger partial charge is 0.354 e. The average molecular weight is 494 g/mol. The Bertz CT molecular complexity index is 1240. The molecule has 1 aromatic carbocycles. The quantitative estimate of drug-likeness (QED) is 0.327. The second-order valence-corrected chi connectivity index (χ2v) is 10.0. The zero-order valence-electron chi connectivity index (χ0n) is 19.2. The van der Waals surface area contributed by atoms with Crippen LogP contribution in [0.15, 0.2) is 54.9 Å². The lowest BCUT2D eigenvalue weighted by atomic mass is 10.2. The molecule has 0 aliphatic carbocycles. The van der Waals surface area contributed by atoms with Crippen LogP contribution in [0.4, 0.5) is 17.5 Å². The van der Waals surface area contributed by atoms with Gasteiger partial charge in [0.25, 0.3) is 0 Å². The monoisotopic (exact) mass is 493 g/mol. The van der Waals surface area contributed by atoms with Crippen LogP contribution in [0.3, 0.4) is 0 Å². The lowest BCUT2D eigenvalue weighted by molar-refractivity contribution is 0.154. The Hall–Kier alpha value is -2.78. The Balaban J connectivity index is 1.24. The Morgan fingerprint density at radius 1 is 1.06 bits per heavy atom. The SMILES string of the molecule is CN1CCN(CCCNc2ncc(Cl)c(-c3cc4ccc(Nc5ccccn5)cc4s3)n2)CC1. The molecule has 0 amide bonds. The topological polar surface area (TPSA) is 69.2 Å². The van der Waals surface area contributed by atoms with E-state index >= 15 is 0 Å². The fourth-order valence-electron chi connectivity index (χ4n) is 4.01. The van der Waals surface area contributed by atoms with Gasteiger partial charge in [0.1, 0.15) is 11.5 Å². The summed E-state index contributed by atoms with van der Waals surface area (Å²) in [4.78, 5) is 19.4. The highest BCUT2D eigenvalue weighted by Crippen LogP contribution is 2.37. The third-order valence-electron chi connectivity index (χ3n) is 5.97. The fourth-order valence-corrected chi connectivity index (χ4v) is 5.36. The number of rotatable bonds is 8. The highest BCUT2D eigenvalue weighted by atomic mass is 35.5. The molecular formula is C25H28ClN7S. The number of hydrogen-bond donors (Lipinski definition) is 2. The summed E-state index contributed by atoms with van der Waals surface area (Å²) in [6.07, 6.45) is 4.52. The van der Waals surface area contributed by atoms with E-state index in [0.717, 1.165) is 77.9 Å². The molecule has 34 heavy (non-hydrogen) atoms. The maximum Gasteiger partial charge on any atom is 0.223 e. The molecule has 1 aliphatic rings. The molecule has 4 aromatic rings. The minimum Gasteiger partial charge on any atom is -0.354 e. The first-order chi connectivity index (χ1) is 16.6. The maximum atomic E-state index is 6.49. The zero-order valence-corrected chi connectivity index (χ0v) is 20.7. The molecule has 4 heterocycles. The summed E-state index contributed by atoms with van der Waals surface area (Å²) >= 11 is 8.17. The van der Waals surface area contributed by atoms with Gasteiger partial charge in [-0.15, -0.1) is 11.3 Å². The zero-order chi connectivity index (χ0) is 23.3. The van der Waals surface area contributed by atoms with Crippen LogP contribution < -0.4 is 10.6 Å². The van der Waals surface area contributed by atoms with E-state index < -0.39 is 0 Å². The van der Waals surface area contributed by atoms with Crippen molar-refractivity contribution in [3.05, 3.63) is 59.9 Å². The van der Waals surface area contributed by atoms with E-state index in [1.165, 1.54) is 0 Å². The van der Waals surface area contributed by atoms with Crippen LogP contribution in [0.1, 0.15) is 6.42 Å². The summed E-state index contributed by atoms with van der Waals surface area (Å²) in [5.41, 5.74) is 1.76. The number of hydrogen-bond acceptors (Lipinski definition) is 8. The van der Waals surface area contributed by atoms with Crippen molar-refractivity contribution in [1.82, 2.24) is 24.8 Å². The number of benzene rings is 1. The minimum absolute atomic E-state index is 0.557. The number of anilines is 3. The van der Waals surface area contributed by atoms with Crippen LogP contribution in [0.25, 0.3) is 20.7 Å². The first-order valence-corrected chi connectivity index (χ1v) is 12.7. The normalized spacial score (nSPS) is 15.0. The maximum absolute atomic E-state index is 6.49. The van der Waals surface area contributed by atoms with Gasteiger partial charge in [-0.05, 0) is 55.7 Å². The Morgan fingerprint density at radius 3 is 2.76 bits per heavy atom. The van der Waals surface area contributed by atoms with E-state index in [-0.39, 0.29) is 0 Å². The van der Waals surface area contributed by atoms with E-state index in [1.807, 2.05) is 18.2 Å². The smallest absolute Gasteiger partial charge is 0.223 e. The molecule has 0 atom stereocenters. The second-order valence-electron chi connectivity index (χ2n) is 8.52. The first kappa shape index (κ1) is 23.0. The Kier molecular flexibility index (Phi) is 7.20. The molecule has 7 nitrogen and oxygen atoms in total. The van der Waals surface area contributed by atoms with Gasteiger partial charge >= 0.3 is 0 Å². The number of fused-ring (bicyclic) bond motifs is 1. The van der Waals surface area contributed by atoms with E-state index in [0.29, 0.717) is 11.0 Å². The van der Waals surface area contributed by atoms with Crippen molar-refractivity contribution in [3.63, 3.8) is 0 Å². The van der Waals surface area contributed by atoms with Crippen LogP contribution in [0.2, 0.25) is 5.02 Å². The van der Waals surface area contributed by atoms with Gasteiger partial charge in [0.2, 0.25) is 5.95 Å². The molecule has 2 N–H and O–H groups in total. The van der Waals surface area contributed by atoms with Crippen LogP contribution in [0, 0.1) is 0 Å². The fraction of sp³-hybridized carbons (Fsp3) is 0.320. The summed E-state index contributed by atoms with van der Waals surface area (Å²) in [6, 6.07) is 14.2. The number of piperazine rings is 1. The molecule has 9 heteroatoms. The lowest BCUT2D eigenvalue weighted by Gasteiger charge is -2.32. The molecule has 0 radical (unpaired) electrons. The standard InChI is InChI=1S/C25H28ClN7S/c1-32-11-13-33(14-12-32)10-4-9-28-25-29-17-20(26)24(31-25)22-15-18-6-7-19(16-21(18)34-22)30-23-5-2-3-8-27-23/h2-3,5-8,15-17H,4,9-14H2,1H3,(H,27,30)(H,28,29,31). The van der Waals surface area contributed by atoms with Crippen LogP contribution in [-0.2, 0) is 0 Å². The molecule has 1 saturated heterocycles. The van der Waals surface area contributed by atoms with Gasteiger partial charge in [-0.25, -0.2) is 15.0 Å². The first-order valence-electron chi connectivity index (χ1n) is 11.5. The van der Waals surface area contributed by atoms with Crippen LogP contribution >= 0.6 is 22.9 Å². The Morgan fingerprint density at radius 2 is 1.94 bits per heavy atom. The molecular weight excluding hydrogens is 466 g/mol. The summed E-state index contributed by atoms with van der Waals surface area (Å²) < 4.78 is 1.16. The van der Waals surface area contributed by atoms with Crippen molar-refractivity contribution >= 4 is 50.5 Å². The number of halogens is 1. The van der Waals surface area contributed by atoms with Crippen molar-refractivity contribution in [2.75, 3.05) is 56.9 Å². The summed E-state index contributed by atoms with van der Waals surface area (Å²) in [6.45, 7) is 6.50. The molecule has 0 bridgehead atoms. The van der Waals surface area contributed by atoms with Gasteiger partial charge < -0.3 is 20.4 Å². The summed E-state index contributed by atoms with van der Waals surface area (Å²) in [5, 5.41) is 8.43. The van der Waals surface area contributed by atoms with Gasteiger partial charge in [0.05, 0.1) is 16.1 Å². The van der Waals surface area contributed by atoms with Gasteiger partial charge in [0, 0.05) is 49.3 Å². The Labute approximate surface area is 208 Å². The molecule has 0 unspecified atom stereocenters. The third-order valence-corrected chi connectivity index (χ3v) is 7.35. The number of nitrogens with zero attached hydrogens (tertiary/aromatic N) is 5. The number of aromatic nitrogens is 3. The van der Waals surface area contributed by atoms with Gasteiger partial charge in [-0.1, -0.05) is 23.7 Å². The van der Waals surface area contributed by atoms with Gasteiger partial charge in [-0.3, -0.25) is 0 Å². The molecule has 0 spiro atoms. The van der Waals surface area contributed by atoms with Crippen LogP contribution in [-0.4, -0.2) is 71.1 Å². The van der Waals surface area contributed by atoms with Crippen molar-refractivity contribution < 1.29 is 0 Å². The molecule has 5 rings (SSSR count). The van der Waals surface area contributed by atoms with Crippen molar-refractivity contribution in [2.24, 2.45) is 0 Å². The number of pyridine rings is 1. The molecule has 1 fully saturated rings. The van der Waals surface area contributed by atoms with E-state index in [9.17, 15) is 0 Å². The lowest BCUT2D eigenvalue weighted by Crippen LogP contribution is -2.44. The van der Waals surface area contributed by atoms with E-state index in [1.54, 1.807) is 23.7 Å². The average Bonchev–Trinajstić information content (AvgIpc) is 3.28. The predicted molar refractivity (Wildman–Crippen MR) is 142 cm³/mol. The van der Waals surface area contributed by atoms with E-state index in [2.05, 4.69) is 61.7 Å². The van der Waals surface area contributed by atoms with Crippen molar-refractivity contribution in [1.29, 1.82) is 0 Å². The number of thiophene rings is 1. The molecule has 3 aromatic heterocycles. The van der Waals surface area contributed by atoms with Crippen LogP contribution in [0.5, 0.6) is 0 Å². The number of nitrogens with one attached hydrogen (secondary N) is 2. The summed E-state index contributed by atoms with van der Waals surface area (Å²) in [7, 11) is 2.18.